The van der Waals surface area contributed by atoms with Crippen molar-refractivity contribution in [2.75, 3.05) is 58.9 Å². The van der Waals surface area contributed by atoms with Crippen LogP contribution in [-0.2, 0) is 20.9 Å². The van der Waals surface area contributed by atoms with E-state index in [1.165, 1.54) is 29.3 Å². The van der Waals surface area contributed by atoms with Gasteiger partial charge in [-0.15, -0.1) is 0 Å². The summed E-state index contributed by atoms with van der Waals surface area (Å²) < 4.78 is 0. The fourth-order valence-electron chi connectivity index (χ4n) is 3.55. The summed E-state index contributed by atoms with van der Waals surface area (Å²) in [6.45, 7) is 0.637. The van der Waals surface area contributed by atoms with E-state index in [0.717, 1.165) is 0 Å². The standard InChI is InChI=1S/C21H29N5O9/c27-18-2-1-17(26(34)35)11-16(18)12-22-3-5-23(13-19(28)29)7-9-25(15-21(32)33)10-8-24(6-4-22)14-20(30)31/h1-3,5,11,27H,4,6-10,12-15H2,(H,28,29)(H,30,31)(H,32,33)/b5-3-. The maximum atomic E-state index is 11.3. The van der Waals surface area contributed by atoms with Crippen LogP contribution >= 0.6 is 0 Å². The molecule has 1 aliphatic heterocycles. The van der Waals surface area contributed by atoms with Gasteiger partial charge < -0.3 is 30.2 Å². The number of nitro groups is 1. The lowest BCUT2D eigenvalue weighted by atomic mass is 10.1. The average molecular weight is 495 g/mol. The molecule has 14 nitrogen and oxygen atoms in total. The number of phenolic OH excluding ortho intramolecular Hbond substituents is 1. The molecular weight excluding hydrogens is 466 g/mol. The molecule has 0 radical (unpaired) electrons. The van der Waals surface area contributed by atoms with Gasteiger partial charge in [0.15, 0.2) is 0 Å². The predicted octanol–water partition coefficient (Wildman–Crippen LogP) is -0.253. The SMILES string of the molecule is O=C(O)CN1/C=C\N(Cc2cc([N+](=O)[O-])ccc2O)CCN(CC(=O)O)CCN(CC(=O)O)CC1. The maximum absolute atomic E-state index is 11.3. The fraction of sp³-hybridized carbons (Fsp3) is 0.476. The largest absolute Gasteiger partial charge is 0.508 e. The number of nitro benzene ring substituents is 1. The molecule has 0 aliphatic carbocycles. The number of non-ortho nitro benzene ring substituents is 1. The van der Waals surface area contributed by atoms with Crippen molar-refractivity contribution in [3.05, 3.63) is 46.3 Å². The van der Waals surface area contributed by atoms with Crippen LogP contribution in [0.25, 0.3) is 0 Å². The van der Waals surface area contributed by atoms with Crippen LogP contribution < -0.4 is 0 Å². The molecule has 1 aliphatic rings. The van der Waals surface area contributed by atoms with E-state index in [1.54, 1.807) is 20.9 Å². The highest BCUT2D eigenvalue weighted by Crippen LogP contribution is 2.24. The second kappa shape index (κ2) is 13.1. The van der Waals surface area contributed by atoms with Gasteiger partial charge in [0.25, 0.3) is 5.69 Å². The van der Waals surface area contributed by atoms with Gasteiger partial charge in [0.05, 0.1) is 18.0 Å². The Balaban J connectivity index is 2.32. The van der Waals surface area contributed by atoms with Crippen molar-refractivity contribution in [3.8, 4) is 5.75 Å². The maximum Gasteiger partial charge on any atom is 0.323 e. The van der Waals surface area contributed by atoms with Gasteiger partial charge in [0.2, 0.25) is 0 Å². The number of aliphatic carboxylic acids is 3. The van der Waals surface area contributed by atoms with E-state index in [2.05, 4.69) is 0 Å². The Labute approximate surface area is 201 Å². The van der Waals surface area contributed by atoms with Crippen molar-refractivity contribution < 1.29 is 39.7 Å². The normalized spacial score (nSPS) is 17.3. The molecule has 14 heteroatoms. The lowest BCUT2D eigenvalue weighted by Gasteiger charge is -2.31. The number of rotatable bonds is 9. The van der Waals surface area contributed by atoms with Gasteiger partial charge in [0.1, 0.15) is 12.3 Å². The van der Waals surface area contributed by atoms with Crippen molar-refractivity contribution in [2.45, 2.75) is 6.54 Å². The van der Waals surface area contributed by atoms with E-state index < -0.39 is 22.8 Å². The van der Waals surface area contributed by atoms with Crippen LogP contribution in [0, 0.1) is 10.1 Å². The number of carboxylic acids is 3. The first-order valence-corrected chi connectivity index (χ1v) is 10.8. The van der Waals surface area contributed by atoms with Crippen LogP contribution in [-0.4, -0.2) is 122 Å². The summed E-state index contributed by atoms with van der Waals surface area (Å²) >= 11 is 0. The van der Waals surface area contributed by atoms with Gasteiger partial charge >= 0.3 is 17.9 Å². The lowest BCUT2D eigenvalue weighted by Crippen LogP contribution is -2.45. The Kier molecular flexibility index (Phi) is 10.2. The highest BCUT2D eigenvalue weighted by Gasteiger charge is 2.19. The smallest absolute Gasteiger partial charge is 0.323 e. The first-order valence-electron chi connectivity index (χ1n) is 10.8. The molecule has 4 N–H and O–H groups in total. The van der Waals surface area contributed by atoms with Crippen LogP contribution in [0.4, 0.5) is 5.69 Å². The molecule has 0 amide bonds. The fourth-order valence-corrected chi connectivity index (χ4v) is 3.55. The van der Waals surface area contributed by atoms with Crippen molar-refractivity contribution in [1.82, 2.24) is 19.6 Å². The molecule has 0 aromatic heterocycles. The molecule has 0 spiro atoms. The van der Waals surface area contributed by atoms with E-state index >= 15 is 0 Å². The summed E-state index contributed by atoms with van der Waals surface area (Å²) in [6.07, 6.45) is 3.09. The summed E-state index contributed by atoms with van der Waals surface area (Å²) in [7, 11) is 0. The van der Waals surface area contributed by atoms with Crippen molar-refractivity contribution >= 4 is 23.6 Å². The third-order valence-corrected chi connectivity index (χ3v) is 5.33. The van der Waals surface area contributed by atoms with Gasteiger partial charge in [-0.05, 0) is 6.07 Å². The second-order valence-corrected chi connectivity index (χ2v) is 8.04. The first kappa shape index (κ1) is 27.3. The van der Waals surface area contributed by atoms with Gasteiger partial charge in [-0.1, -0.05) is 0 Å². The highest BCUT2D eigenvalue weighted by atomic mass is 16.6. The molecule has 0 fully saturated rings. The number of carboxylic acid groups (broad SMARTS) is 3. The van der Waals surface area contributed by atoms with E-state index in [9.17, 15) is 44.9 Å². The number of carbonyl (C=O) groups is 3. The van der Waals surface area contributed by atoms with Crippen LogP contribution in [0.15, 0.2) is 30.6 Å². The molecule has 2 rings (SSSR count). The molecule has 0 unspecified atom stereocenters. The van der Waals surface area contributed by atoms with Crippen molar-refractivity contribution in [1.29, 1.82) is 0 Å². The zero-order chi connectivity index (χ0) is 26.0. The zero-order valence-corrected chi connectivity index (χ0v) is 19.0. The molecule has 35 heavy (non-hydrogen) atoms. The van der Waals surface area contributed by atoms with Crippen LogP contribution in [0.1, 0.15) is 5.56 Å². The van der Waals surface area contributed by atoms with E-state index in [0.29, 0.717) is 0 Å². The number of phenols is 1. The van der Waals surface area contributed by atoms with Gasteiger partial charge in [-0.3, -0.25) is 34.3 Å². The number of aromatic hydroxyl groups is 1. The summed E-state index contributed by atoms with van der Waals surface area (Å²) in [5, 5.41) is 49.0. The molecule has 1 aromatic carbocycles. The third-order valence-electron chi connectivity index (χ3n) is 5.33. The predicted molar refractivity (Wildman–Crippen MR) is 122 cm³/mol. The van der Waals surface area contributed by atoms with Crippen LogP contribution in [0.3, 0.4) is 0 Å². The Morgan fingerprint density at radius 3 is 1.80 bits per heavy atom. The number of nitrogens with zero attached hydrogens (tertiary/aromatic N) is 5. The monoisotopic (exact) mass is 495 g/mol. The van der Waals surface area contributed by atoms with Gasteiger partial charge in [-0.2, -0.15) is 0 Å². The van der Waals surface area contributed by atoms with Crippen molar-refractivity contribution in [3.63, 3.8) is 0 Å². The summed E-state index contributed by atoms with van der Waals surface area (Å²) in [4.78, 5) is 50.9. The van der Waals surface area contributed by atoms with E-state index in [-0.39, 0.29) is 82.4 Å². The molecule has 0 saturated heterocycles. The second-order valence-electron chi connectivity index (χ2n) is 8.04. The number of hydrogen-bond donors (Lipinski definition) is 4. The van der Waals surface area contributed by atoms with Gasteiger partial charge in [-0.25, -0.2) is 0 Å². The minimum Gasteiger partial charge on any atom is -0.508 e. The van der Waals surface area contributed by atoms with E-state index in [4.69, 9.17) is 0 Å². The molecule has 0 atom stereocenters. The first-order chi connectivity index (χ1) is 16.5. The molecule has 192 valence electrons. The highest BCUT2D eigenvalue weighted by molar-refractivity contribution is 5.70. The molecule has 0 saturated carbocycles. The average Bonchev–Trinajstić information content (AvgIpc) is 2.75. The zero-order valence-electron chi connectivity index (χ0n) is 19.0. The Morgan fingerprint density at radius 2 is 1.29 bits per heavy atom. The Bertz CT molecular complexity index is 955. The summed E-state index contributed by atoms with van der Waals surface area (Å²) in [5.74, 6) is -3.33. The Hall–Kier alpha value is -3.91. The quantitative estimate of drug-likeness (QED) is 0.259. The topological polar surface area (TPSA) is 188 Å². The van der Waals surface area contributed by atoms with Gasteiger partial charge in [0, 0.05) is 75.9 Å². The third kappa shape index (κ3) is 9.85. The van der Waals surface area contributed by atoms with Crippen molar-refractivity contribution in [2.24, 2.45) is 0 Å². The Morgan fingerprint density at radius 1 is 0.800 bits per heavy atom. The summed E-state index contributed by atoms with van der Waals surface area (Å²) in [5.41, 5.74) is 0.0767. The minimum atomic E-state index is -1.08. The minimum absolute atomic E-state index is 0.0526. The lowest BCUT2D eigenvalue weighted by molar-refractivity contribution is -0.385. The van der Waals surface area contributed by atoms with Crippen LogP contribution in [0.5, 0.6) is 5.75 Å². The molecule has 1 aromatic rings. The van der Waals surface area contributed by atoms with Crippen LogP contribution in [0.2, 0.25) is 0 Å². The van der Waals surface area contributed by atoms with E-state index in [1.807, 2.05) is 0 Å². The molecule has 0 bridgehead atoms. The number of benzene rings is 1. The molecule has 1 heterocycles. The molecular formula is C21H29N5O9. The summed E-state index contributed by atoms with van der Waals surface area (Å²) in [6, 6.07) is 3.64. The number of hydrogen-bond acceptors (Lipinski definition) is 10.